The maximum atomic E-state index is 10.3. The van der Waals surface area contributed by atoms with Gasteiger partial charge in [-0.25, -0.2) is 0 Å². The van der Waals surface area contributed by atoms with Crippen molar-refractivity contribution in [1.82, 2.24) is 15.5 Å². The summed E-state index contributed by atoms with van der Waals surface area (Å²) < 4.78 is 5.94. The minimum Gasteiger partial charge on any atom is -0.379 e. The Hall–Kier alpha value is -0.950. The zero-order valence-corrected chi connectivity index (χ0v) is 12.2. The fourth-order valence-corrected chi connectivity index (χ4v) is 2.52. The largest absolute Gasteiger partial charge is 0.379 e. The Morgan fingerprint density at radius 2 is 2.32 bits per heavy atom. The van der Waals surface area contributed by atoms with Crippen molar-refractivity contribution < 1.29 is 9.63 Å². The van der Waals surface area contributed by atoms with Gasteiger partial charge in [0.25, 0.3) is 5.89 Å². The summed E-state index contributed by atoms with van der Waals surface area (Å²) >= 11 is 9.29. The van der Waals surface area contributed by atoms with E-state index >= 15 is 0 Å². The van der Waals surface area contributed by atoms with Gasteiger partial charge in [-0.15, -0.1) is 0 Å². The summed E-state index contributed by atoms with van der Waals surface area (Å²) in [5, 5.41) is 17.9. The fraction of sp³-hybridized carbons (Fsp3) is 0.333. The summed E-state index contributed by atoms with van der Waals surface area (Å²) in [6.45, 7) is 1.17. The molecule has 0 spiro atoms. The predicted octanol–water partition coefficient (Wildman–Crippen LogP) is 2.33. The minimum absolute atomic E-state index is 0.249. The molecule has 1 aromatic carbocycles. The zero-order chi connectivity index (χ0) is 13.5. The van der Waals surface area contributed by atoms with E-state index in [1.165, 1.54) is 0 Å². The van der Waals surface area contributed by atoms with Crippen molar-refractivity contribution >= 4 is 27.5 Å². The maximum absolute atomic E-state index is 10.3. The molecule has 0 saturated carbocycles. The Bertz CT molecular complexity index is 611. The second-order valence-corrected chi connectivity index (χ2v) is 5.77. The average Bonchev–Trinajstić information content (AvgIpc) is 3.02. The van der Waals surface area contributed by atoms with E-state index in [9.17, 15) is 5.11 Å². The SMILES string of the molecule is OC1(c2nc(-c3ccc(Cl)c(Br)c3)no2)CCNC1. The predicted molar refractivity (Wildman–Crippen MR) is 73.8 cm³/mol. The van der Waals surface area contributed by atoms with Crippen LogP contribution in [0.4, 0.5) is 0 Å². The van der Waals surface area contributed by atoms with Crippen LogP contribution < -0.4 is 5.32 Å². The van der Waals surface area contributed by atoms with E-state index in [2.05, 4.69) is 31.4 Å². The highest BCUT2D eigenvalue weighted by Crippen LogP contribution is 2.30. The van der Waals surface area contributed by atoms with Crippen LogP contribution in [0.25, 0.3) is 11.4 Å². The van der Waals surface area contributed by atoms with Gasteiger partial charge >= 0.3 is 0 Å². The monoisotopic (exact) mass is 343 g/mol. The summed E-state index contributed by atoms with van der Waals surface area (Å²) in [6, 6.07) is 5.37. The van der Waals surface area contributed by atoms with Crippen LogP contribution in [0.1, 0.15) is 12.3 Å². The van der Waals surface area contributed by atoms with Crippen molar-refractivity contribution in [3.05, 3.63) is 33.6 Å². The van der Waals surface area contributed by atoms with Crippen molar-refractivity contribution in [3.63, 3.8) is 0 Å². The normalized spacial score (nSPS) is 22.9. The first-order valence-electron chi connectivity index (χ1n) is 5.81. The van der Waals surface area contributed by atoms with Gasteiger partial charge in [0.2, 0.25) is 5.82 Å². The number of benzene rings is 1. The molecule has 2 aromatic rings. The molecule has 19 heavy (non-hydrogen) atoms. The number of aliphatic hydroxyl groups is 1. The van der Waals surface area contributed by atoms with Crippen LogP contribution in [0, 0.1) is 0 Å². The minimum atomic E-state index is -1.06. The van der Waals surface area contributed by atoms with Crippen molar-refractivity contribution in [2.75, 3.05) is 13.1 Å². The summed E-state index contributed by atoms with van der Waals surface area (Å²) in [4.78, 5) is 4.27. The Balaban J connectivity index is 1.94. The zero-order valence-electron chi connectivity index (χ0n) is 9.86. The lowest BCUT2D eigenvalue weighted by Crippen LogP contribution is -2.28. The van der Waals surface area contributed by atoms with Crippen LogP contribution in [0.5, 0.6) is 0 Å². The van der Waals surface area contributed by atoms with Gasteiger partial charge in [0.05, 0.1) is 5.02 Å². The molecule has 100 valence electrons. The molecular weight excluding hydrogens is 334 g/mol. The number of nitrogens with one attached hydrogen (secondary N) is 1. The van der Waals surface area contributed by atoms with Crippen LogP contribution >= 0.6 is 27.5 Å². The first kappa shape index (κ1) is 13.1. The summed E-state index contributed by atoms with van der Waals surface area (Å²) in [5.41, 5.74) is -0.282. The van der Waals surface area contributed by atoms with Gasteiger partial charge in [0, 0.05) is 16.6 Å². The third kappa shape index (κ3) is 2.41. The molecular formula is C12H11BrClN3O2. The molecule has 0 bridgehead atoms. The summed E-state index contributed by atoms with van der Waals surface area (Å²) in [5.74, 6) is 0.686. The molecule has 1 aromatic heterocycles. The van der Waals surface area contributed by atoms with E-state index in [1.54, 1.807) is 12.1 Å². The highest BCUT2D eigenvalue weighted by Gasteiger charge is 2.38. The van der Waals surface area contributed by atoms with Gasteiger partial charge < -0.3 is 14.9 Å². The van der Waals surface area contributed by atoms with Crippen molar-refractivity contribution in [3.8, 4) is 11.4 Å². The van der Waals surface area contributed by atoms with Gasteiger partial charge in [0.15, 0.2) is 5.60 Å². The molecule has 1 aliphatic rings. The molecule has 1 fully saturated rings. The first-order chi connectivity index (χ1) is 9.08. The lowest BCUT2D eigenvalue weighted by molar-refractivity contribution is 0.0243. The number of β-amino-alcohol motifs (C(OH)–C–C–N with tert-alkyl or cyclic N) is 1. The fourth-order valence-electron chi connectivity index (χ4n) is 2.03. The van der Waals surface area contributed by atoms with E-state index in [-0.39, 0.29) is 5.89 Å². The lowest BCUT2D eigenvalue weighted by atomic mass is 10.0. The first-order valence-corrected chi connectivity index (χ1v) is 6.98. The van der Waals surface area contributed by atoms with Crippen LogP contribution in [-0.2, 0) is 5.60 Å². The van der Waals surface area contributed by atoms with E-state index < -0.39 is 5.60 Å². The van der Waals surface area contributed by atoms with Crippen molar-refractivity contribution in [2.45, 2.75) is 12.0 Å². The molecule has 7 heteroatoms. The number of hydrogen-bond donors (Lipinski definition) is 2. The quantitative estimate of drug-likeness (QED) is 0.875. The molecule has 0 radical (unpaired) electrons. The Labute approximate surface area is 123 Å². The number of halogens is 2. The maximum Gasteiger partial charge on any atom is 0.260 e. The second kappa shape index (κ2) is 4.86. The number of rotatable bonds is 2. The van der Waals surface area contributed by atoms with Crippen molar-refractivity contribution in [2.24, 2.45) is 0 Å². The van der Waals surface area contributed by atoms with E-state index in [4.69, 9.17) is 16.1 Å². The number of hydrogen-bond acceptors (Lipinski definition) is 5. The number of nitrogens with zero attached hydrogens (tertiary/aromatic N) is 2. The average molecular weight is 345 g/mol. The molecule has 1 aliphatic heterocycles. The highest BCUT2D eigenvalue weighted by atomic mass is 79.9. The van der Waals surface area contributed by atoms with Crippen LogP contribution in [0.3, 0.4) is 0 Å². The molecule has 5 nitrogen and oxygen atoms in total. The third-order valence-corrected chi connectivity index (χ3v) is 4.35. The van der Waals surface area contributed by atoms with Gasteiger partial charge in [-0.05, 0) is 47.1 Å². The second-order valence-electron chi connectivity index (χ2n) is 4.51. The van der Waals surface area contributed by atoms with Crippen LogP contribution in [0.15, 0.2) is 27.2 Å². The van der Waals surface area contributed by atoms with Crippen LogP contribution in [-0.4, -0.2) is 28.3 Å². The van der Waals surface area contributed by atoms with Crippen LogP contribution in [0.2, 0.25) is 5.02 Å². The van der Waals surface area contributed by atoms with E-state index in [0.717, 1.165) is 16.6 Å². The summed E-state index contributed by atoms with van der Waals surface area (Å²) in [7, 11) is 0. The topological polar surface area (TPSA) is 71.2 Å². The molecule has 3 rings (SSSR count). The molecule has 0 aliphatic carbocycles. The highest BCUT2D eigenvalue weighted by molar-refractivity contribution is 9.10. The molecule has 0 amide bonds. The molecule has 1 atom stereocenters. The summed E-state index contributed by atoms with van der Waals surface area (Å²) in [6.07, 6.45) is 0.568. The standard InChI is InChI=1S/C12H11BrClN3O2/c13-8-5-7(1-2-9(8)14)10-16-11(19-17-10)12(18)3-4-15-6-12/h1-2,5,15,18H,3-4,6H2. The Morgan fingerprint density at radius 1 is 1.47 bits per heavy atom. The Kier molecular flexibility index (Phi) is 3.34. The molecule has 2 N–H and O–H groups in total. The van der Waals surface area contributed by atoms with Gasteiger partial charge in [0.1, 0.15) is 0 Å². The Morgan fingerprint density at radius 3 is 3.00 bits per heavy atom. The molecule has 2 heterocycles. The van der Waals surface area contributed by atoms with Crippen molar-refractivity contribution in [1.29, 1.82) is 0 Å². The number of aromatic nitrogens is 2. The van der Waals surface area contributed by atoms with Gasteiger partial charge in [-0.2, -0.15) is 4.98 Å². The third-order valence-electron chi connectivity index (χ3n) is 3.13. The smallest absolute Gasteiger partial charge is 0.260 e. The van der Waals surface area contributed by atoms with Gasteiger partial charge in [-0.3, -0.25) is 0 Å². The molecule has 1 unspecified atom stereocenters. The lowest BCUT2D eigenvalue weighted by Gasteiger charge is -2.14. The van der Waals surface area contributed by atoms with Gasteiger partial charge in [-0.1, -0.05) is 16.8 Å². The van der Waals surface area contributed by atoms with E-state index in [0.29, 0.717) is 23.8 Å². The molecule has 1 saturated heterocycles. The van der Waals surface area contributed by atoms with E-state index in [1.807, 2.05) is 6.07 Å².